The van der Waals surface area contributed by atoms with Crippen LogP contribution < -0.4 is 10.1 Å². The number of hydrogen-bond acceptors (Lipinski definition) is 3. The Balaban J connectivity index is 2.84. The second kappa shape index (κ2) is 6.94. The Bertz CT molecular complexity index is 495. The number of benzene rings is 1. The Labute approximate surface area is 127 Å². The predicted octanol–water partition coefficient (Wildman–Crippen LogP) is 3.12. The van der Waals surface area contributed by atoms with Gasteiger partial charge in [-0.25, -0.2) is 0 Å². The van der Waals surface area contributed by atoms with Crippen LogP contribution >= 0.6 is 0 Å². The van der Waals surface area contributed by atoms with Crippen molar-refractivity contribution in [1.29, 1.82) is 0 Å². The Kier molecular flexibility index (Phi) is 5.78. The van der Waals surface area contributed by atoms with Crippen molar-refractivity contribution in [1.82, 2.24) is 5.32 Å². The number of carbonyl (C=O) groups excluding carboxylic acids is 1. The van der Waals surface area contributed by atoms with Crippen LogP contribution in [0.2, 0.25) is 0 Å². The average molecular weight is 293 g/mol. The van der Waals surface area contributed by atoms with E-state index in [-0.39, 0.29) is 11.4 Å². The SMILES string of the molecule is CCC(C)(C)NC(=O)C(C)Oc1ccc(C)cc1[C@@H](C)O. The minimum absolute atomic E-state index is 0.154. The summed E-state index contributed by atoms with van der Waals surface area (Å²) in [6.07, 6.45) is -0.409. The topological polar surface area (TPSA) is 58.6 Å². The predicted molar refractivity (Wildman–Crippen MR) is 84.4 cm³/mol. The van der Waals surface area contributed by atoms with E-state index in [9.17, 15) is 9.90 Å². The Morgan fingerprint density at radius 1 is 1.38 bits per heavy atom. The molecule has 0 aliphatic heterocycles. The first-order valence-corrected chi connectivity index (χ1v) is 7.43. The van der Waals surface area contributed by atoms with Crippen LogP contribution in [-0.4, -0.2) is 22.7 Å². The van der Waals surface area contributed by atoms with E-state index < -0.39 is 12.2 Å². The lowest BCUT2D eigenvalue weighted by molar-refractivity contribution is -0.129. The van der Waals surface area contributed by atoms with E-state index in [1.54, 1.807) is 19.9 Å². The van der Waals surface area contributed by atoms with Gasteiger partial charge in [0, 0.05) is 11.1 Å². The Hall–Kier alpha value is -1.55. The molecule has 4 nitrogen and oxygen atoms in total. The lowest BCUT2D eigenvalue weighted by Crippen LogP contribution is -2.48. The third-order valence-corrected chi connectivity index (χ3v) is 3.63. The Morgan fingerprint density at radius 3 is 2.52 bits per heavy atom. The molecular weight excluding hydrogens is 266 g/mol. The molecule has 0 aliphatic rings. The fraction of sp³-hybridized carbons (Fsp3) is 0.588. The summed E-state index contributed by atoms with van der Waals surface area (Å²) in [5.74, 6) is 0.395. The summed E-state index contributed by atoms with van der Waals surface area (Å²) in [5.41, 5.74) is 1.49. The molecule has 0 spiro atoms. The fourth-order valence-electron chi connectivity index (χ4n) is 1.87. The van der Waals surface area contributed by atoms with Crippen molar-refractivity contribution in [3.63, 3.8) is 0 Å². The van der Waals surface area contributed by atoms with Gasteiger partial charge in [0.15, 0.2) is 6.10 Å². The zero-order valence-corrected chi connectivity index (χ0v) is 13.9. The lowest BCUT2D eigenvalue weighted by atomic mass is 10.0. The number of hydrogen-bond donors (Lipinski definition) is 2. The molecule has 0 saturated heterocycles. The van der Waals surface area contributed by atoms with E-state index >= 15 is 0 Å². The molecular formula is C17H27NO3. The standard InChI is InChI=1S/C17H27NO3/c1-7-17(5,6)18-16(20)13(4)21-15-9-8-11(2)10-14(15)12(3)19/h8-10,12-13,19H,7H2,1-6H3,(H,18,20)/t12-,13?/m1/s1. The Morgan fingerprint density at radius 2 is 2.00 bits per heavy atom. The third-order valence-electron chi connectivity index (χ3n) is 3.63. The number of aryl methyl sites for hydroxylation is 1. The number of amides is 1. The maximum atomic E-state index is 12.2. The summed E-state index contributed by atoms with van der Waals surface area (Å²) < 4.78 is 5.74. The van der Waals surface area contributed by atoms with Crippen molar-refractivity contribution in [2.24, 2.45) is 0 Å². The maximum absolute atomic E-state index is 12.2. The van der Waals surface area contributed by atoms with Crippen molar-refractivity contribution < 1.29 is 14.6 Å². The van der Waals surface area contributed by atoms with Gasteiger partial charge < -0.3 is 15.2 Å². The molecule has 1 aromatic rings. The number of aliphatic hydroxyl groups is 1. The smallest absolute Gasteiger partial charge is 0.261 e. The van der Waals surface area contributed by atoms with Gasteiger partial charge >= 0.3 is 0 Å². The van der Waals surface area contributed by atoms with Crippen LogP contribution in [0.3, 0.4) is 0 Å². The van der Waals surface area contributed by atoms with Gasteiger partial charge in [0.05, 0.1) is 6.10 Å². The highest BCUT2D eigenvalue weighted by Crippen LogP contribution is 2.27. The van der Waals surface area contributed by atoms with Crippen LogP contribution in [0.25, 0.3) is 0 Å². The van der Waals surface area contributed by atoms with Gasteiger partial charge in [0.25, 0.3) is 5.91 Å². The highest BCUT2D eigenvalue weighted by Gasteiger charge is 2.23. The van der Waals surface area contributed by atoms with Crippen LogP contribution in [0.4, 0.5) is 0 Å². The van der Waals surface area contributed by atoms with Gasteiger partial charge in [-0.15, -0.1) is 0 Å². The van der Waals surface area contributed by atoms with Crippen LogP contribution in [0.5, 0.6) is 5.75 Å². The molecule has 1 amide bonds. The fourth-order valence-corrected chi connectivity index (χ4v) is 1.87. The van der Waals surface area contributed by atoms with Crippen molar-refractivity contribution in [3.05, 3.63) is 29.3 Å². The van der Waals surface area contributed by atoms with E-state index in [4.69, 9.17) is 4.74 Å². The summed E-state index contributed by atoms with van der Waals surface area (Å²) in [7, 11) is 0. The minimum Gasteiger partial charge on any atom is -0.481 e. The molecule has 0 heterocycles. The molecule has 2 atom stereocenters. The number of ether oxygens (including phenoxy) is 1. The quantitative estimate of drug-likeness (QED) is 0.847. The molecule has 0 saturated carbocycles. The summed E-state index contributed by atoms with van der Waals surface area (Å²) in [4.78, 5) is 12.2. The van der Waals surface area contributed by atoms with E-state index in [1.807, 2.05) is 39.8 Å². The number of rotatable bonds is 6. The third kappa shape index (κ3) is 5.05. The molecule has 0 fully saturated rings. The van der Waals surface area contributed by atoms with Crippen LogP contribution in [0, 0.1) is 6.92 Å². The largest absolute Gasteiger partial charge is 0.481 e. The van der Waals surface area contributed by atoms with Gasteiger partial charge in [-0.1, -0.05) is 18.6 Å². The van der Waals surface area contributed by atoms with Gasteiger partial charge in [-0.2, -0.15) is 0 Å². The van der Waals surface area contributed by atoms with E-state index in [1.165, 1.54) is 0 Å². The molecule has 118 valence electrons. The first-order chi connectivity index (χ1) is 9.66. The molecule has 4 heteroatoms. The zero-order valence-electron chi connectivity index (χ0n) is 13.9. The van der Waals surface area contributed by atoms with E-state index in [0.29, 0.717) is 11.3 Å². The highest BCUT2D eigenvalue weighted by atomic mass is 16.5. The first kappa shape index (κ1) is 17.5. The highest BCUT2D eigenvalue weighted by molar-refractivity contribution is 5.81. The molecule has 0 bridgehead atoms. The summed E-state index contributed by atoms with van der Waals surface area (Å²) >= 11 is 0. The first-order valence-electron chi connectivity index (χ1n) is 7.43. The molecule has 0 aromatic heterocycles. The second-order valence-electron chi connectivity index (χ2n) is 6.20. The molecule has 21 heavy (non-hydrogen) atoms. The monoisotopic (exact) mass is 293 g/mol. The molecule has 1 aromatic carbocycles. The summed E-state index contributed by atoms with van der Waals surface area (Å²) in [6, 6.07) is 5.58. The number of nitrogens with one attached hydrogen (secondary N) is 1. The van der Waals surface area contributed by atoms with Gasteiger partial charge in [0.2, 0.25) is 0 Å². The van der Waals surface area contributed by atoms with Gasteiger partial charge in [-0.3, -0.25) is 4.79 Å². The summed E-state index contributed by atoms with van der Waals surface area (Å²) in [5, 5.41) is 12.8. The normalized spacial score (nSPS) is 14.4. The zero-order chi connectivity index (χ0) is 16.2. The minimum atomic E-state index is -0.637. The molecule has 0 aliphatic carbocycles. The van der Waals surface area contributed by atoms with Crippen LogP contribution in [-0.2, 0) is 4.79 Å². The molecule has 1 rings (SSSR count). The van der Waals surface area contributed by atoms with Crippen molar-refractivity contribution >= 4 is 5.91 Å². The number of carbonyl (C=O) groups is 1. The van der Waals surface area contributed by atoms with Gasteiger partial charge in [0.1, 0.15) is 5.75 Å². The molecule has 0 radical (unpaired) electrons. The van der Waals surface area contributed by atoms with Crippen molar-refractivity contribution in [2.75, 3.05) is 0 Å². The van der Waals surface area contributed by atoms with Crippen molar-refractivity contribution in [3.8, 4) is 5.75 Å². The summed E-state index contributed by atoms with van der Waals surface area (Å²) in [6.45, 7) is 11.3. The number of aliphatic hydroxyl groups excluding tert-OH is 1. The van der Waals surface area contributed by atoms with Crippen LogP contribution in [0.1, 0.15) is 58.3 Å². The van der Waals surface area contributed by atoms with E-state index in [2.05, 4.69) is 5.32 Å². The lowest BCUT2D eigenvalue weighted by Gasteiger charge is -2.27. The van der Waals surface area contributed by atoms with E-state index in [0.717, 1.165) is 12.0 Å². The molecule has 1 unspecified atom stereocenters. The maximum Gasteiger partial charge on any atom is 0.261 e. The molecule has 2 N–H and O–H groups in total. The van der Waals surface area contributed by atoms with Crippen LogP contribution in [0.15, 0.2) is 18.2 Å². The second-order valence-corrected chi connectivity index (χ2v) is 6.20. The van der Waals surface area contributed by atoms with Gasteiger partial charge in [-0.05, 0) is 53.2 Å². The average Bonchev–Trinajstić information content (AvgIpc) is 2.40. The van der Waals surface area contributed by atoms with Crippen molar-refractivity contribution in [2.45, 2.75) is 65.7 Å².